The summed E-state index contributed by atoms with van der Waals surface area (Å²) in [5.74, 6) is 0.847. The van der Waals surface area contributed by atoms with Gasteiger partial charge >= 0.3 is 0 Å². The molecule has 4 nitrogen and oxygen atoms in total. The maximum Gasteiger partial charge on any atom is 0.178 e. The number of imidazole rings is 1. The molecule has 21 heavy (non-hydrogen) atoms. The van der Waals surface area contributed by atoms with Crippen LogP contribution < -0.4 is 4.74 Å². The zero-order valence-corrected chi connectivity index (χ0v) is 12.7. The van der Waals surface area contributed by atoms with Crippen molar-refractivity contribution in [1.82, 2.24) is 14.5 Å². The first kappa shape index (κ1) is 13.8. The molecule has 0 unspecified atom stereocenters. The molecule has 2 aromatic heterocycles. The number of rotatable bonds is 5. The van der Waals surface area contributed by atoms with E-state index in [0.717, 1.165) is 28.9 Å². The molecule has 3 aromatic rings. The van der Waals surface area contributed by atoms with E-state index in [0.29, 0.717) is 17.9 Å². The van der Waals surface area contributed by atoms with Gasteiger partial charge in [0, 0.05) is 6.20 Å². The first-order valence-electron chi connectivity index (χ1n) is 7.04. The zero-order chi connectivity index (χ0) is 14.7. The Labute approximate surface area is 128 Å². The predicted octanol–water partition coefficient (Wildman–Crippen LogP) is 3.93. The fourth-order valence-electron chi connectivity index (χ4n) is 2.30. The Morgan fingerprint density at radius 1 is 1.24 bits per heavy atom. The molecule has 108 valence electrons. The summed E-state index contributed by atoms with van der Waals surface area (Å²) in [5, 5.41) is 0. The summed E-state index contributed by atoms with van der Waals surface area (Å²) >= 11 is 5.45. The molecular formula is C16H17N3OS. The number of aromatic amines is 1. The first-order valence-corrected chi connectivity index (χ1v) is 7.44. The molecule has 0 spiro atoms. The number of para-hydroxylation sites is 1. The van der Waals surface area contributed by atoms with E-state index in [-0.39, 0.29) is 0 Å². The van der Waals surface area contributed by atoms with Crippen LogP contribution in [0.25, 0.3) is 11.0 Å². The number of nitrogens with one attached hydrogen (secondary N) is 1. The minimum Gasteiger partial charge on any atom is -0.491 e. The van der Waals surface area contributed by atoms with Crippen molar-refractivity contribution in [3.05, 3.63) is 53.1 Å². The second kappa shape index (κ2) is 6.10. The van der Waals surface area contributed by atoms with Crippen LogP contribution in [0.5, 0.6) is 5.75 Å². The molecule has 5 heteroatoms. The Morgan fingerprint density at radius 2 is 2.14 bits per heavy atom. The van der Waals surface area contributed by atoms with E-state index in [1.165, 1.54) is 0 Å². The molecule has 0 aliphatic heterocycles. The van der Waals surface area contributed by atoms with Gasteiger partial charge in [-0.3, -0.25) is 4.98 Å². The number of hydrogen-bond donors (Lipinski definition) is 1. The maximum atomic E-state index is 5.78. The van der Waals surface area contributed by atoms with Crippen molar-refractivity contribution < 1.29 is 4.74 Å². The van der Waals surface area contributed by atoms with Crippen LogP contribution in [0, 0.1) is 4.77 Å². The van der Waals surface area contributed by atoms with E-state index in [1.54, 1.807) is 6.20 Å². The SMILES string of the molecule is CCCOc1cccc2c1[nH]c(=S)n2Cc1ccccn1. The highest BCUT2D eigenvalue weighted by atomic mass is 32.1. The van der Waals surface area contributed by atoms with Gasteiger partial charge in [-0.05, 0) is 42.9 Å². The number of ether oxygens (including phenoxy) is 1. The average molecular weight is 299 g/mol. The summed E-state index contributed by atoms with van der Waals surface area (Å²) in [6.45, 7) is 3.44. The Hall–Kier alpha value is -2.14. The molecule has 3 rings (SSSR count). The highest BCUT2D eigenvalue weighted by Crippen LogP contribution is 2.25. The standard InChI is InChI=1S/C16H17N3OS/c1-2-10-20-14-8-5-7-13-15(14)18-16(21)19(13)11-12-6-3-4-9-17-12/h3-9H,2,10-11H2,1H3,(H,18,21). The summed E-state index contributed by atoms with van der Waals surface area (Å²) in [6.07, 6.45) is 2.77. The lowest BCUT2D eigenvalue weighted by Crippen LogP contribution is -2.01. The maximum absolute atomic E-state index is 5.78. The van der Waals surface area contributed by atoms with E-state index in [1.807, 2.05) is 41.0 Å². The summed E-state index contributed by atoms with van der Waals surface area (Å²) in [4.78, 5) is 7.61. The van der Waals surface area contributed by atoms with Gasteiger partial charge in [0.05, 0.1) is 24.4 Å². The second-order valence-electron chi connectivity index (χ2n) is 4.84. The molecule has 0 saturated carbocycles. The van der Waals surface area contributed by atoms with E-state index in [9.17, 15) is 0 Å². The first-order chi connectivity index (χ1) is 10.3. The molecule has 0 aliphatic rings. The molecule has 0 aliphatic carbocycles. The van der Waals surface area contributed by atoms with Crippen molar-refractivity contribution in [2.24, 2.45) is 0 Å². The third kappa shape index (κ3) is 2.83. The van der Waals surface area contributed by atoms with Crippen molar-refractivity contribution in [3.8, 4) is 5.75 Å². The molecular weight excluding hydrogens is 282 g/mol. The predicted molar refractivity (Wildman–Crippen MR) is 86.2 cm³/mol. The number of hydrogen-bond acceptors (Lipinski definition) is 3. The van der Waals surface area contributed by atoms with Crippen LogP contribution in [0.3, 0.4) is 0 Å². The lowest BCUT2D eigenvalue weighted by Gasteiger charge is -2.07. The van der Waals surface area contributed by atoms with E-state index >= 15 is 0 Å². The Morgan fingerprint density at radius 3 is 2.90 bits per heavy atom. The lowest BCUT2D eigenvalue weighted by atomic mass is 10.3. The normalized spacial score (nSPS) is 10.9. The number of nitrogens with zero attached hydrogens (tertiary/aromatic N) is 2. The number of aromatic nitrogens is 3. The smallest absolute Gasteiger partial charge is 0.178 e. The van der Waals surface area contributed by atoms with Crippen LogP contribution >= 0.6 is 12.2 Å². The van der Waals surface area contributed by atoms with Crippen molar-refractivity contribution >= 4 is 23.3 Å². The monoisotopic (exact) mass is 299 g/mol. The average Bonchev–Trinajstić information content (AvgIpc) is 2.83. The highest BCUT2D eigenvalue weighted by Gasteiger charge is 2.09. The van der Waals surface area contributed by atoms with Gasteiger partial charge in [0.25, 0.3) is 0 Å². The summed E-state index contributed by atoms with van der Waals surface area (Å²) < 4.78 is 8.51. The van der Waals surface area contributed by atoms with Crippen molar-refractivity contribution in [2.45, 2.75) is 19.9 Å². The van der Waals surface area contributed by atoms with Crippen LogP contribution in [0.2, 0.25) is 0 Å². The largest absolute Gasteiger partial charge is 0.491 e. The fraction of sp³-hybridized carbons (Fsp3) is 0.250. The molecule has 0 fully saturated rings. The Balaban J connectivity index is 2.03. The van der Waals surface area contributed by atoms with Gasteiger partial charge in [0.1, 0.15) is 11.3 Å². The molecule has 1 aromatic carbocycles. The van der Waals surface area contributed by atoms with Gasteiger partial charge in [-0.1, -0.05) is 19.1 Å². The number of benzene rings is 1. The summed E-state index contributed by atoms with van der Waals surface area (Å²) in [7, 11) is 0. The van der Waals surface area contributed by atoms with Crippen molar-refractivity contribution in [1.29, 1.82) is 0 Å². The van der Waals surface area contributed by atoms with Crippen LogP contribution in [0.15, 0.2) is 42.6 Å². The minimum atomic E-state index is 0.650. The van der Waals surface area contributed by atoms with Gasteiger partial charge in [-0.25, -0.2) is 0 Å². The van der Waals surface area contributed by atoms with Gasteiger partial charge in [-0.15, -0.1) is 0 Å². The van der Waals surface area contributed by atoms with Gasteiger partial charge in [0.2, 0.25) is 0 Å². The molecule has 1 N–H and O–H groups in total. The van der Waals surface area contributed by atoms with Gasteiger partial charge in [-0.2, -0.15) is 0 Å². The van der Waals surface area contributed by atoms with E-state index in [2.05, 4.69) is 16.9 Å². The van der Waals surface area contributed by atoms with Crippen LogP contribution in [-0.2, 0) is 6.54 Å². The number of fused-ring (bicyclic) bond motifs is 1. The van der Waals surface area contributed by atoms with Gasteiger partial charge in [0.15, 0.2) is 4.77 Å². The lowest BCUT2D eigenvalue weighted by molar-refractivity contribution is 0.320. The van der Waals surface area contributed by atoms with E-state index in [4.69, 9.17) is 17.0 Å². The zero-order valence-electron chi connectivity index (χ0n) is 11.9. The van der Waals surface area contributed by atoms with E-state index < -0.39 is 0 Å². The van der Waals surface area contributed by atoms with Crippen molar-refractivity contribution in [2.75, 3.05) is 6.61 Å². The third-order valence-electron chi connectivity index (χ3n) is 3.28. The van der Waals surface area contributed by atoms with Gasteiger partial charge < -0.3 is 14.3 Å². The van der Waals surface area contributed by atoms with Crippen LogP contribution in [0.4, 0.5) is 0 Å². The molecule has 0 radical (unpaired) electrons. The molecule has 0 saturated heterocycles. The highest BCUT2D eigenvalue weighted by molar-refractivity contribution is 7.71. The molecule has 0 bridgehead atoms. The van der Waals surface area contributed by atoms with Crippen LogP contribution in [0.1, 0.15) is 19.0 Å². The molecule has 0 amide bonds. The van der Waals surface area contributed by atoms with Crippen molar-refractivity contribution in [3.63, 3.8) is 0 Å². The third-order valence-corrected chi connectivity index (χ3v) is 3.60. The second-order valence-corrected chi connectivity index (χ2v) is 5.22. The quantitative estimate of drug-likeness (QED) is 0.726. The fourth-order valence-corrected chi connectivity index (χ4v) is 2.56. The van der Waals surface area contributed by atoms with Crippen LogP contribution in [-0.4, -0.2) is 21.1 Å². The number of pyridine rings is 1. The summed E-state index contributed by atoms with van der Waals surface area (Å²) in [6, 6.07) is 11.9. The number of H-pyrrole nitrogens is 1. The Kier molecular flexibility index (Phi) is 4.01. The summed E-state index contributed by atoms with van der Waals surface area (Å²) in [5.41, 5.74) is 2.97. The molecule has 2 heterocycles. The topological polar surface area (TPSA) is 42.8 Å². The molecule has 0 atom stereocenters. The Bertz CT molecular complexity index is 792. The minimum absolute atomic E-state index is 0.650.